The third-order valence-electron chi connectivity index (χ3n) is 2.70. The number of hydrogen-bond donors (Lipinski definition) is 2. The summed E-state index contributed by atoms with van der Waals surface area (Å²) < 4.78 is 0. The number of nitrogens with zero attached hydrogens (tertiary/aromatic N) is 2. The Morgan fingerprint density at radius 3 is 2.94 bits per heavy atom. The van der Waals surface area contributed by atoms with Crippen molar-refractivity contribution < 1.29 is 0 Å². The van der Waals surface area contributed by atoms with E-state index in [1.165, 1.54) is 4.88 Å². The molecule has 4 nitrogen and oxygen atoms in total. The number of fused-ring (bicyclic) bond motifs is 1. The SMILES string of the molecule is Cc1ncc(CNCc2nc3ccccc3[nH]2)s1. The Bertz CT molecular complexity index is 623. The first-order chi connectivity index (χ1) is 8.81. The molecule has 0 aliphatic heterocycles. The van der Waals surface area contributed by atoms with Crippen LogP contribution in [0.15, 0.2) is 30.5 Å². The Morgan fingerprint density at radius 2 is 2.17 bits per heavy atom. The van der Waals surface area contributed by atoms with Crippen molar-refractivity contribution in [3.8, 4) is 0 Å². The van der Waals surface area contributed by atoms with E-state index >= 15 is 0 Å². The molecule has 0 amide bonds. The van der Waals surface area contributed by atoms with E-state index in [9.17, 15) is 0 Å². The molecule has 0 fully saturated rings. The zero-order valence-corrected chi connectivity index (χ0v) is 10.9. The minimum atomic E-state index is 0.742. The van der Waals surface area contributed by atoms with Crippen LogP contribution >= 0.6 is 11.3 Å². The molecule has 0 unspecified atom stereocenters. The fourth-order valence-corrected chi connectivity index (χ4v) is 2.65. The number of aryl methyl sites for hydroxylation is 1. The molecule has 0 bridgehead atoms. The Kier molecular flexibility index (Phi) is 3.08. The normalized spacial score (nSPS) is 11.2. The monoisotopic (exact) mass is 258 g/mol. The van der Waals surface area contributed by atoms with Crippen molar-refractivity contribution in [1.29, 1.82) is 0 Å². The lowest BCUT2D eigenvalue weighted by atomic mass is 10.3. The molecule has 0 saturated heterocycles. The molecule has 18 heavy (non-hydrogen) atoms. The fraction of sp³-hybridized carbons (Fsp3) is 0.231. The van der Waals surface area contributed by atoms with Gasteiger partial charge in [-0.25, -0.2) is 9.97 Å². The van der Waals surface area contributed by atoms with Crippen molar-refractivity contribution in [2.24, 2.45) is 0 Å². The molecule has 0 radical (unpaired) electrons. The number of aromatic nitrogens is 3. The second-order valence-corrected chi connectivity index (χ2v) is 5.47. The van der Waals surface area contributed by atoms with E-state index in [4.69, 9.17) is 0 Å². The standard InChI is InChI=1S/C13H14N4S/c1-9-15-7-10(18-9)6-14-8-13-16-11-4-2-3-5-12(11)17-13/h2-5,7,14H,6,8H2,1H3,(H,16,17). The number of thiazole rings is 1. The van der Waals surface area contributed by atoms with Crippen molar-refractivity contribution in [1.82, 2.24) is 20.3 Å². The van der Waals surface area contributed by atoms with E-state index < -0.39 is 0 Å². The summed E-state index contributed by atoms with van der Waals surface area (Å²) in [7, 11) is 0. The van der Waals surface area contributed by atoms with Crippen LogP contribution in [-0.4, -0.2) is 15.0 Å². The lowest BCUT2D eigenvalue weighted by Crippen LogP contribution is -2.12. The molecule has 0 spiro atoms. The summed E-state index contributed by atoms with van der Waals surface area (Å²) in [5.41, 5.74) is 2.10. The zero-order chi connectivity index (χ0) is 12.4. The minimum Gasteiger partial charge on any atom is -0.341 e. The van der Waals surface area contributed by atoms with Gasteiger partial charge in [-0.05, 0) is 19.1 Å². The molecular weight excluding hydrogens is 244 g/mol. The highest BCUT2D eigenvalue weighted by atomic mass is 32.1. The predicted molar refractivity (Wildman–Crippen MR) is 73.5 cm³/mol. The summed E-state index contributed by atoms with van der Waals surface area (Å²) in [6.45, 7) is 3.60. The Balaban J connectivity index is 1.62. The molecule has 0 atom stereocenters. The van der Waals surface area contributed by atoms with Gasteiger partial charge in [0.05, 0.1) is 22.6 Å². The lowest BCUT2D eigenvalue weighted by Gasteiger charge is -1.98. The number of hydrogen-bond acceptors (Lipinski definition) is 4. The van der Waals surface area contributed by atoms with Gasteiger partial charge in [-0.2, -0.15) is 0 Å². The first-order valence-corrected chi connectivity index (χ1v) is 6.68. The molecule has 3 aromatic rings. The van der Waals surface area contributed by atoms with Gasteiger partial charge in [0, 0.05) is 17.6 Å². The fourth-order valence-electron chi connectivity index (χ4n) is 1.88. The highest BCUT2D eigenvalue weighted by Crippen LogP contribution is 2.12. The highest BCUT2D eigenvalue weighted by molar-refractivity contribution is 7.11. The number of H-pyrrole nitrogens is 1. The van der Waals surface area contributed by atoms with E-state index in [2.05, 4.69) is 20.3 Å². The van der Waals surface area contributed by atoms with Gasteiger partial charge in [-0.15, -0.1) is 11.3 Å². The van der Waals surface area contributed by atoms with Crippen LogP contribution in [-0.2, 0) is 13.1 Å². The first kappa shape index (κ1) is 11.4. The molecule has 0 saturated carbocycles. The average Bonchev–Trinajstić information content (AvgIpc) is 2.95. The maximum absolute atomic E-state index is 4.52. The maximum atomic E-state index is 4.52. The van der Waals surface area contributed by atoms with Crippen molar-refractivity contribution in [2.75, 3.05) is 0 Å². The van der Waals surface area contributed by atoms with Crippen LogP contribution < -0.4 is 5.32 Å². The second kappa shape index (κ2) is 4.88. The largest absolute Gasteiger partial charge is 0.341 e. The van der Waals surface area contributed by atoms with Gasteiger partial charge >= 0.3 is 0 Å². The predicted octanol–water partition coefficient (Wildman–Crippen LogP) is 2.62. The molecule has 0 aliphatic carbocycles. The zero-order valence-electron chi connectivity index (χ0n) is 10.1. The summed E-state index contributed by atoms with van der Waals surface area (Å²) in [4.78, 5) is 13.3. The minimum absolute atomic E-state index is 0.742. The van der Waals surface area contributed by atoms with E-state index in [-0.39, 0.29) is 0 Å². The van der Waals surface area contributed by atoms with Crippen LogP contribution in [0.25, 0.3) is 11.0 Å². The van der Waals surface area contributed by atoms with Crippen LogP contribution in [0.3, 0.4) is 0 Å². The third kappa shape index (κ3) is 2.42. The number of aromatic amines is 1. The molecule has 2 N–H and O–H groups in total. The smallest absolute Gasteiger partial charge is 0.121 e. The number of nitrogens with one attached hydrogen (secondary N) is 2. The topological polar surface area (TPSA) is 53.6 Å². The van der Waals surface area contributed by atoms with Crippen LogP contribution in [0.1, 0.15) is 15.7 Å². The first-order valence-electron chi connectivity index (χ1n) is 5.87. The second-order valence-electron chi connectivity index (χ2n) is 4.15. The molecule has 3 rings (SSSR count). The van der Waals surface area contributed by atoms with Gasteiger partial charge in [0.15, 0.2) is 0 Å². The van der Waals surface area contributed by atoms with Crippen molar-refractivity contribution in [3.05, 3.63) is 46.2 Å². The average molecular weight is 258 g/mol. The molecule has 2 heterocycles. The van der Waals surface area contributed by atoms with E-state index in [1.54, 1.807) is 11.3 Å². The Hall–Kier alpha value is -1.72. The molecule has 1 aromatic carbocycles. The van der Waals surface area contributed by atoms with Gasteiger partial charge in [0.2, 0.25) is 0 Å². The van der Waals surface area contributed by atoms with Crippen molar-refractivity contribution >= 4 is 22.4 Å². The number of rotatable bonds is 4. The third-order valence-corrected chi connectivity index (χ3v) is 3.61. The summed E-state index contributed by atoms with van der Waals surface area (Å²) >= 11 is 1.72. The summed E-state index contributed by atoms with van der Waals surface area (Å²) in [6.07, 6.45) is 1.92. The Labute approximate surface area is 109 Å². The molecule has 5 heteroatoms. The van der Waals surface area contributed by atoms with Crippen molar-refractivity contribution in [2.45, 2.75) is 20.0 Å². The molecular formula is C13H14N4S. The van der Waals surface area contributed by atoms with E-state index in [0.29, 0.717) is 0 Å². The van der Waals surface area contributed by atoms with E-state index in [1.807, 2.05) is 37.4 Å². The quantitative estimate of drug-likeness (QED) is 0.756. The summed E-state index contributed by atoms with van der Waals surface area (Å²) in [5, 5.41) is 4.48. The summed E-state index contributed by atoms with van der Waals surface area (Å²) in [5.74, 6) is 0.970. The van der Waals surface area contributed by atoms with Crippen LogP contribution in [0.2, 0.25) is 0 Å². The van der Waals surface area contributed by atoms with Gasteiger partial charge in [-0.1, -0.05) is 12.1 Å². The van der Waals surface area contributed by atoms with Gasteiger partial charge in [0.25, 0.3) is 0 Å². The van der Waals surface area contributed by atoms with Crippen LogP contribution in [0.5, 0.6) is 0 Å². The number of para-hydroxylation sites is 2. The van der Waals surface area contributed by atoms with E-state index in [0.717, 1.165) is 35.0 Å². The summed E-state index contributed by atoms with van der Waals surface area (Å²) in [6, 6.07) is 8.07. The molecule has 2 aromatic heterocycles. The van der Waals surface area contributed by atoms with Gasteiger partial charge in [0.1, 0.15) is 5.82 Å². The molecule has 92 valence electrons. The highest BCUT2D eigenvalue weighted by Gasteiger charge is 2.02. The Morgan fingerprint density at radius 1 is 1.28 bits per heavy atom. The number of benzene rings is 1. The number of imidazole rings is 1. The lowest BCUT2D eigenvalue weighted by molar-refractivity contribution is 0.676. The van der Waals surface area contributed by atoms with Crippen molar-refractivity contribution in [3.63, 3.8) is 0 Å². The van der Waals surface area contributed by atoms with Crippen LogP contribution in [0.4, 0.5) is 0 Å². The van der Waals surface area contributed by atoms with Gasteiger partial charge in [-0.3, -0.25) is 0 Å². The van der Waals surface area contributed by atoms with Gasteiger partial charge < -0.3 is 10.3 Å². The van der Waals surface area contributed by atoms with Crippen LogP contribution in [0, 0.1) is 6.92 Å². The maximum Gasteiger partial charge on any atom is 0.121 e. The molecule has 0 aliphatic rings.